The maximum absolute atomic E-state index is 13.1. The highest BCUT2D eigenvalue weighted by Crippen LogP contribution is 2.30. The number of benzene rings is 1. The first-order valence-corrected chi connectivity index (χ1v) is 11.3. The van der Waals surface area contributed by atoms with Crippen molar-refractivity contribution in [2.45, 2.75) is 44.2 Å². The minimum Gasteiger partial charge on any atom is -0.331 e. The van der Waals surface area contributed by atoms with Gasteiger partial charge in [0.25, 0.3) is 5.91 Å². The molecular weight excluding hydrogens is 368 g/mol. The van der Waals surface area contributed by atoms with Crippen LogP contribution in [0.15, 0.2) is 46.0 Å². The van der Waals surface area contributed by atoms with Crippen molar-refractivity contribution in [1.82, 2.24) is 9.21 Å². The second-order valence-electron chi connectivity index (χ2n) is 6.41. The third kappa shape index (κ3) is 4.00. The van der Waals surface area contributed by atoms with Crippen LogP contribution in [0.4, 0.5) is 0 Å². The average Bonchev–Trinajstić information content (AvgIpc) is 3.36. The first-order valence-electron chi connectivity index (χ1n) is 8.89. The number of carbonyl (C=O) groups is 1. The largest absolute Gasteiger partial charge is 0.331 e. The van der Waals surface area contributed by atoms with E-state index in [1.54, 1.807) is 29.5 Å². The van der Waals surface area contributed by atoms with E-state index >= 15 is 0 Å². The van der Waals surface area contributed by atoms with Crippen molar-refractivity contribution in [3.8, 4) is 0 Å². The van der Waals surface area contributed by atoms with E-state index in [0.29, 0.717) is 25.2 Å². The van der Waals surface area contributed by atoms with Crippen LogP contribution in [0.25, 0.3) is 0 Å². The molecule has 7 heteroatoms. The lowest BCUT2D eigenvalue weighted by Crippen LogP contribution is -2.33. The zero-order valence-corrected chi connectivity index (χ0v) is 16.7. The van der Waals surface area contributed by atoms with Crippen LogP contribution in [0.2, 0.25) is 0 Å². The Kier molecular flexibility index (Phi) is 5.79. The molecule has 5 nitrogen and oxygen atoms in total. The maximum Gasteiger partial charge on any atom is 0.254 e. The lowest BCUT2D eigenvalue weighted by atomic mass is 10.2. The van der Waals surface area contributed by atoms with E-state index in [-0.39, 0.29) is 16.8 Å². The Balaban J connectivity index is 1.87. The fourth-order valence-corrected chi connectivity index (χ4v) is 5.16. The molecule has 0 spiro atoms. The van der Waals surface area contributed by atoms with Gasteiger partial charge in [0.15, 0.2) is 0 Å². The van der Waals surface area contributed by atoms with Crippen LogP contribution >= 0.6 is 11.3 Å². The standard InChI is InChI=1S/C19H24N2O3S2/c1-3-20(4-2)26(23,24)18-7-5-6-16(12-18)19(22)21(17-8-9-17)13-15-10-11-25-14-15/h5-7,10-12,14,17H,3-4,8-9,13H2,1-2H3. The Hall–Kier alpha value is -1.70. The second-order valence-corrected chi connectivity index (χ2v) is 9.13. The molecule has 26 heavy (non-hydrogen) atoms. The lowest BCUT2D eigenvalue weighted by Gasteiger charge is -2.23. The van der Waals surface area contributed by atoms with Gasteiger partial charge in [-0.05, 0) is 53.4 Å². The molecule has 140 valence electrons. The Morgan fingerprint density at radius 3 is 2.50 bits per heavy atom. The molecule has 0 unspecified atom stereocenters. The Morgan fingerprint density at radius 1 is 1.19 bits per heavy atom. The number of rotatable bonds is 8. The zero-order chi connectivity index (χ0) is 18.7. The lowest BCUT2D eigenvalue weighted by molar-refractivity contribution is 0.0730. The first-order chi connectivity index (χ1) is 12.5. The molecule has 0 N–H and O–H groups in total. The molecule has 0 saturated heterocycles. The minimum atomic E-state index is -3.57. The van der Waals surface area contributed by atoms with Gasteiger partial charge in [-0.25, -0.2) is 8.42 Å². The predicted octanol–water partition coefficient (Wildman–Crippen LogP) is 3.58. The highest BCUT2D eigenvalue weighted by molar-refractivity contribution is 7.89. The highest BCUT2D eigenvalue weighted by atomic mass is 32.2. The first kappa shape index (κ1) is 19.1. The van der Waals surface area contributed by atoms with Crippen molar-refractivity contribution >= 4 is 27.3 Å². The predicted molar refractivity (Wildman–Crippen MR) is 104 cm³/mol. The third-order valence-electron chi connectivity index (χ3n) is 4.61. The fourth-order valence-electron chi connectivity index (χ4n) is 3.00. The Labute approximate surface area is 159 Å². The molecule has 1 aromatic heterocycles. The molecule has 2 aromatic rings. The van der Waals surface area contributed by atoms with E-state index in [0.717, 1.165) is 18.4 Å². The molecule has 0 atom stereocenters. The molecule has 1 amide bonds. The van der Waals surface area contributed by atoms with Crippen molar-refractivity contribution in [2.24, 2.45) is 0 Å². The molecule has 0 radical (unpaired) electrons. The summed E-state index contributed by atoms with van der Waals surface area (Å²) in [5.74, 6) is -0.102. The van der Waals surface area contributed by atoms with Gasteiger partial charge in [-0.3, -0.25) is 4.79 Å². The maximum atomic E-state index is 13.1. The van der Waals surface area contributed by atoms with Gasteiger partial charge in [0.05, 0.1) is 4.90 Å². The van der Waals surface area contributed by atoms with E-state index in [2.05, 4.69) is 0 Å². The molecule has 1 fully saturated rings. The zero-order valence-electron chi connectivity index (χ0n) is 15.1. The molecule has 0 aliphatic heterocycles. The smallest absolute Gasteiger partial charge is 0.254 e. The number of hydrogen-bond acceptors (Lipinski definition) is 4. The highest BCUT2D eigenvalue weighted by Gasteiger charge is 2.33. The number of thiophene rings is 1. The summed E-state index contributed by atoms with van der Waals surface area (Å²) >= 11 is 1.61. The fraction of sp³-hybridized carbons (Fsp3) is 0.421. The molecule has 1 aliphatic carbocycles. The summed E-state index contributed by atoms with van der Waals surface area (Å²) < 4.78 is 26.9. The Bertz CT molecular complexity index is 855. The van der Waals surface area contributed by atoms with Crippen LogP contribution < -0.4 is 0 Å². The molecule has 1 saturated carbocycles. The van der Waals surface area contributed by atoms with Crippen molar-refractivity contribution in [3.63, 3.8) is 0 Å². The summed E-state index contributed by atoms with van der Waals surface area (Å²) in [7, 11) is -3.57. The molecule has 1 aliphatic rings. The van der Waals surface area contributed by atoms with Gasteiger partial charge >= 0.3 is 0 Å². The summed E-state index contributed by atoms with van der Waals surface area (Å²) in [6.07, 6.45) is 2.01. The topological polar surface area (TPSA) is 57.7 Å². The van der Waals surface area contributed by atoms with E-state index in [1.807, 2.05) is 35.6 Å². The van der Waals surface area contributed by atoms with Crippen molar-refractivity contribution in [1.29, 1.82) is 0 Å². The van der Waals surface area contributed by atoms with Gasteiger partial charge in [-0.1, -0.05) is 19.9 Å². The van der Waals surface area contributed by atoms with Crippen LogP contribution in [0, 0.1) is 0 Å². The van der Waals surface area contributed by atoms with E-state index in [1.165, 1.54) is 10.4 Å². The third-order valence-corrected chi connectivity index (χ3v) is 7.38. The summed E-state index contributed by atoms with van der Waals surface area (Å²) in [5.41, 5.74) is 1.54. The van der Waals surface area contributed by atoms with Gasteiger partial charge in [-0.2, -0.15) is 15.6 Å². The SMILES string of the molecule is CCN(CC)S(=O)(=O)c1cccc(C(=O)N(Cc2ccsc2)C2CC2)c1. The summed E-state index contributed by atoms with van der Waals surface area (Å²) in [5, 5.41) is 4.05. The van der Waals surface area contributed by atoms with Gasteiger partial charge in [0, 0.05) is 31.2 Å². The van der Waals surface area contributed by atoms with Crippen LogP contribution in [0.1, 0.15) is 42.6 Å². The van der Waals surface area contributed by atoms with Crippen LogP contribution in [0.3, 0.4) is 0 Å². The van der Waals surface area contributed by atoms with Gasteiger partial charge < -0.3 is 4.90 Å². The van der Waals surface area contributed by atoms with Crippen LogP contribution in [-0.4, -0.2) is 42.7 Å². The van der Waals surface area contributed by atoms with Crippen molar-refractivity contribution < 1.29 is 13.2 Å². The van der Waals surface area contributed by atoms with Crippen LogP contribution in [0.5, 0.6) is 0 Å². The van der Waals surface area contributed by atoms with Crippen molar-refractivity contribution in [3.05, 3.63) is 52.2 Å². The second kappa shape index (κ2) is 7.90. The minimum absolute atomic E-state index is 0.102. The number of nitrogens with zero attached hydrogens (tertiary/aromatic N) is 2. The summed E-state index contributed by atoms with van der Waals surface area (Å²) in [6.45, 7) is 5.00. The number of carbonyl (C=O) groups excluding carboxylic acids is 1. The summed E-state index contributed by atoms with van der Waals surface area (Å²) in [4.78, 5) is 15.1. The Morgan fingerprint density at radius 2 is 1.92 bits per heavy atom. The monoisotopic (exact) mass is 392 g/mol. The molecular formula is C19H24N2O3S2. The summed E-state index contributed by atoms with van der Waals surface area (Å²) in [6, 6.07) is 8.70. The molecule has 1 heterocycles. The molecule has 1 aromatic carbocycles. The van der Waals surface area contributed by atoms with E-state index in [4.69, 9.17) is 0 Å². The van der Waals surface area contributed by atoms with Gasteiger partial charge in [-0.15, -0.1) is 0 Å². The van der Waals surface area contributed by atoms with Crippen molar-refractivity contribution in [2.75, 3.05) is 13.1 Å². The van der Waals surface area contributed by atoms with Crippen LogP contribution in [-0.2, 0) is 16.6 Å². The normalized spacial score (nSPS) is 14.6. The number of amides is 1. The molecule has 0 bridgehead atoms. The van der Waals surface area contributed by atoms with Gasteiger partial charge in [0.1, 0.15) is 0 Å². The number of hydrogen-bond donors (Lipinski definition) is 0. The van der Waals surface area contributed by atoms with E-state index in [9.17, 15) is 13.2 Å². The number of sulfonamides is 1. The average molecular weight is 393 g/mol. The van der Waals surface area contributed by atoms with Gasteiger partial charge in [0.2, 0.25) is 10.0 Å². The quantitative estimate of drug-likeness (QED) is 0.690. The molecule has 3 rings (SSSR count). The van der Waals surface area contributed by atoms with E-state index < -0.39 is 10.0 Å².